The van der Waals surface area contributed by atoms with Crippen LogP contribution in [0.15, 0.2) is 65.7 Å². The summed E-state index contributed by atoms with van der Waals surface area (Å²) in [7, 11) is 0.348. The highest BCUT2D eigenvalue weighted by molar-refractivity contribution is 7.83. The molecule has 11 nitrogen and oxygen atoms in total. The molecule has 0 saturated carbocycles. The van der Waals surface area contributed by atoms with Crippen molar-refractivity contribution in [3.05, 3.63) is 77.6 Å². The highest BCUT2D eigenvalue weighted by Crippen LogP contribution is 2.41. The summed E-state index contributed by atoms with van der Waals surface area (Å²) in [4.78, 5) is 15.2. The van der Waals surface area contributed by atoms with Crippen LogP contribution in [0.1, 0.15) is 63.1 Å². The molecule has 0 radical (unpaired) electrons. The lowest BCUT2D eigenvalue weighted by molar-refractivity contribution is 0.0102. The van der Waals surface area contributed by atoms with Crippen LogP contribution in [0, 0.1) is 11.3 Å². The number of carbonyl (C=O) groups excluding carboxylic acids is 1. The normalized spacial score (nSPS) is 18.1. The number of ether oxygens (including phenoxy) is 2. The van der Waals surface area contributed by atoms with E-state index in [-0.39, 0.29) is 12.5 Å². The van der Waals surface area contributed by atoms with Crippen molar-refractivity contribution < 1.29 is 18.5 Å². The van der Waals surface area contributed by atoms with Crippen LogP contribution in [0.3, 0.4) is 0 Å². The first kappa shape index (κ1) is 31.3. The van der Waals surface area contributed by atoms with Crippen molar-refractivity contribution >= 4 is 34.7 Å². The van der Waals surface area contributed by atoms with Crippen molar-refractivity contribution in [2.45, 2.75) is 68.9 Å². The monoisotopic (exact) mass is 617 g/mol. The van der Waals surface area contributed by atoms with Crippen LogP contribution in [0.4, 0.5) is 16.3 Å². The molecule has 1 amide bonds. The highest BCUT2D eigenvalue weighted by Gasteiger charge is 2.42. The van der Waals surface area contributed by atoms with Crippen molar-refractivity contribution in [3.8, 4) is 6.07 Å². The van der Waals surface area contributed by atoms with Crippen LogP contribution < -0.4 is 15.4 Å². The number of amides is 1. The number of fused-ring (bicyclic) bond motifs is 1. The van der Waals surface area contributed by atoms with E-state index in [0.717, 1.165) is 22.5 Å². The van der Waals surface area contributed by atoms with Gasteiger partial charge in [-0.25, -0.2) is 13.7 Å². The van der Waals surface area contributed by atoms with Gasteiger partial charge in [0, 0.05) is 25.0 Å². The second-order valence-electron chi connectivity index (χ2n) is 11.9. The zero-order valence-corrected chi connectivity index (χ0v) is 26.3. The molecule has 2 aliphatic rings. The maximum absolute atomic E-state index is 12.8. The molecule has 3 aromatic rings. The van der Waals surface area contributed by atoms with Gasteiger partial charge < -0.3 is 25.0 Å². The topological polar surface area (TPSA) is 134 Å². The van der Waals surface area contributed by atoms with Gasteiger partial charge in [-0.15, -0.1) is 0 Å². The molecule has 5 rings (SSSR count). The fourth-order valence-corrected chi connectivity index (χ4v) is 6.08. The summed E-state index contributed by atoms with van der Waals surface area (Å²) in [6, 6.07) is 19.6. The number of nitrogens with one attached hydrogen (secondary N) is 3. The predicted molar refractivity (Wildman–Crippen MR) is 169 cm³/mol. The van der Waals surface area contributed by atoms with E-state index in [4.69, 9.17) is 14.6 Å². The number of anilines is 2. The quantitative estimate of drug-likeness (QED) is 0.295. The lowest BCUT2D eigenvalue weighted by Crippen LogP contribution is -2.49. The lowest BCUT2D eigenvalue weighted by Gasteiger charge is -2.41. The molecule has 0 spiro atoms. The zero-order valence-electron chi connectivity index (χ0n) is 25.5. The number of carbonyl (C=O) groups is 1. The number of likely N-dealkylation sites (tertiary alicyclic amines) is 1. The van der Waals surface area contributed by atoms with E-state index in [2.05, 4.69) is 21.4 Å². The molecule has 2 aromatic carbocycles. The van der Waals surface area contributed by atoms with Gasteiger partial charge in [0.1, 0.15) is 16.6 Å². The molecule has 1 fully saturated rings. The number of hydrogen-bond donors (Lipinski definition) is 3. The predicted octanol–water partition coefficient (Wildman–Crippen LogP) is 5.30. The standard InChI is InChI=1S/C32H39N7O4S/c1-31(2,3)43-30(40)38-20-16-32(15-18-33,17-21-38)39-26-14-19-35-29(42-22-23-8-6-5-7-9-23)27(26)28(37-39)36-24-10-12-25(13-11-24)44(41)34-4/h5-14,19,29,34-35H,15-17,20-22H2,1-4H3,(H,36,37). The van der Waals surface area contributed by atoms with Gasteiger partial charge in [-0.3, -0.25) is 4.68 Å². The Kier molecular flexibility index (Phi) is 9.39. The molecule has 0 aliphatic carbocycles. The second-order valence-corrected chi connectivity index (χ2v) is 13.3. The van der Waals surface area contributed by atoms with Gasteiger partial charge in [-0.05, 0) is 76.6 Å². The van der Waals surface area contributed by atoms with E-state index < -0.39 is 28.4 Å². The van der Waals surface area contributed by atoms with Gasteiger partial charge in [-0.1, -0.05) is 30.3 Å². The van der Waals surface area contributed by atoms with E-state index in [1.165, 1.54) is 0 Å². The zero-order chi connectivity index (χ0) is 31.3. The number of nitrogens with zero attached hydrogens (tertiary/aromatic N) is 4. The Hall–Kier alpha value is -4.18. The largest absolute Gasteiger partial charge is 0.444 e. The Morgan fingerprint density at radius 2 is 1.86 bits per heavy atom. The van der Waals surface area contributed by atoms with Crippen LogP contribution in [-0.2, 0) is 32.6 Å². The number of aromatic nitrogens is 2. The maximum Gasteiger partial charge on any atom is 0.410 e. The molecular weight excluding hydrogens is 578 g/mol. The summed E-state index contributed by atoms with van der Waals surface area (Å²) in [5.41, 5.74) is 2.22. The summed E-state index contributed by atoms with van der Waals surface area (Å²) in [5.74, 6) is 0.587. The Morgan fingerprint density at radius 1 is 1.16 bits per heavy atom. The molecule has 3 N–H and O–H groups in total. The summed E-state index contributed by atoms with van der Waals surface area (Å²) in [6.07, 6.45) is 4.23. The summed E-state index contributed by atoms with van der Waals surface area (Å²) < 4.78 is 28.9. The number of hydrogen-bond acceptors (Lipinski definition) is 8. The number of rotatable bonds is 9. The molecule has 3 heterocycles. The van der Waals surface area contributed by atoms with Crippen molar-refractivity contribution in [2.24, 2.45) is 0 Å². The van der Waals surface area contributed by atoms with Gasteiger partial charge in [0.05, 0.1) is 40.8 Å². The third kappa shape index (κ3) is 6.96. The number of benzene rings is 2. The molecule has 2 atom stereocenters. The SMILES string of the molecule is CNS(=O)c1ccc(Nc2nn(C3(CC#N)CCN(C(=O)OC(C)(C)C)CC3)c3c2C(OCc2ccccc2)NC=C3)cc1. The Morgan fingerprint density at radius 3 is 2.50 bits per heavy atom. The van der Waals surface area contributed by atoms with Crippen LogP contribution in [0.2, 0.25) is 0 Å². The summed E-state index contributed by atoms with van der Waals surface area (Å²) in [5, 5.41) is 21.8. The van der Waals surface area contributed by atoms with Gasteiger partial charge in [-0.2, -0.15) is 10.4 Å². The molecular formula is C32H39N7O4S. The van der Waals surface area contributed by atoms with E-state index in [0.29, 0.717) is 43.3 Å². The minimum Gasteiger partial charge on any atom is -0.444 e. The fraction of sp³-hybridized carbons (Fsp3) is 0.406. The second kappa shape index (κ2) is 13.2. The van der Waals surface area contributed by atoms with E-state index in [9.17, 15) is 14.3 Å². The first-order valence-electron chi connectivity index (χ1n) is 14.7. The lowest BCUT2D eigenvalue weighted by atomic mass is 9.84. The van der Waals surface area contributed by atoms with Gasteiger partial charge in [0.25, 0.3) is 0 Å². The molecule has 2 aliphatic heterocycles. The first-order chi connectivity index (χ1) is 21.1. The Balaban J connectivity index is 1.49. The van der Waals surface area contributed by atoms with Gasteiger partial charge >= 0.3 is 6.09 Å². The van der Waals surface area contributed by atoms with Crippen molar-refractivity contribution in [2.75, 3.05) is 25.5 Å². The molecule has 1 saturated heterocycles. The average Bonchev–Trinajstić information content (AvgIpc) is 3.39. The molecule has 12 heteroatoms. The molecule has 44 heavy (non-hydrogen) atoms. The van der Waals surface area contributed by atoms with Gasteiger partial charge in [0.15, 0.2) is 12.0 Å². The third-order valence-electron chi connectivity index (χ3n) is 7.69. The van der Waals surface area contributed by atoms with Crippen molar-refractivity contribution in [1.29, 1.82) is 5.26 Å². The minimum absolute atomic E-state index is 0.226. The van der Waals surface area contributed by atoms with Crippen LogP contribution in [0.5, 0.6) is 0 Å². The Labute approximate surface area is 260 Å². The maximum atomic E-state index is 12.8. The number of nitriles is 1. The minimum atomic E-state index is -1.30. The Bertz CT molecular complexity index is 1550. The van der Waals surface area contributed by atoms with Crippen LogP contribution in [0.25, 0.3) is 6.08 Å². The smallest absolute Gasteiger partial charge is 0.410 e. The molecule has 232 valence electrons. The van der Waals surface area contributed by atoms with Crippen LogP contribution >= 0.6 is 0 Å². The fourth-order valence-electron chi connectivity index (χ4n) is 5.46. The molecule has 2 unspecified atom stereocenters. The van der Waals surface area contributed by atoms with E-state index >= 15 is 0 Å². The van der Waals surface area contributed by atoms with Crippen LogP contribution in [-0.4, -0.2) is 50.7 Å². The summed E-state index contributed by atoms with van der Waals surface area (Å²) >= 11 is 0. The summed E-state index contributed by atoms with van der Waals surface area (Å²) in [6.45, 7) is 6.81. The van der Waals surface area contributed by atoms with Gasteiger partial charge in [0.2, 0.25) is 0 Å². The van der Waals surface area contributed by atoms with E-state index in [1.54, 1.807) is 24.1 Å². The average molecular weight is 618 g/mol. The molecule has 1 aromatic heterocycles. The third-order valence-corrected chi connectivity index (χ3v) is 8.76. The van der Waals surface area contributed by atoms with Crippen molar-refractivity contribution in [1.82, 2.24) is 24.7 Å². The van der Waals surface area contributed by atoms with E-state index in [1.807, 2.05) is 80.2 Å². The first-order valence-corrected chi connectivity index (χ1v) is 15.8. The highest BCUT2D eigenvalue weighted by atomic mass is 32.2. The van der Waals surface area contributed by atoms with Crippen molar-refractivity contribution in [3.63, 3.8) is 0 Å². The number of piperidine rings is 1. The molecule has 0 bridgehead atoms.